The average Bonchev–Trinajstić information content (AvgIpc) is 2.71. The van der Waals surface area contributed by atoms with E-state index in [0.717, 1.165) is 42.2 Å². The predicted molar refractivity (Wildman–Crippen MR) is 128 cm³/mol. The maximum Gasteiger partial charge on any atom is 0.295 e. The lowest BCUT2D eigenvalue weighted by Gasteiger charge is -2.12. The lowest BCUT2D eigenvalue weighted by atomic mass is 9.98. The van der Waals surface area contributed by atoms with E-state index in [4.69, 9.17) is 0 Å². The van der Waals surface area contributed by atoms with E-state index in [9.17, 15) is 13.0 Å². The largest absolute Gasteiger partial charge is 0.295 e. The number of aryl methyl sites for hydroxylation is 2. The summed E-state index contributed by atoms with van der Waals surface area (Å²) in [7, 11) is -4.26. The molecule has 0 aromatic heterocycles. The summed E-state index contributed by atoms with van der Waals surface area (Å²) in [6.07, 6.45) is 16.0. The first-order valence-corrected chi connectivity index (χ1v) is 13.4. The Balaban J connectivity index is 2.12. The fourth-order valence-corrected chi connectivity index (χ4v) is 5.20. The van der Waals surface area contributed by atoms with E-state index in [2.05, 4.69) is 19.9 Å². The third-order valence-electron chi connectivity index (χ3n) is 5.99. The van der Waals surface area contributed by atoms with Crippen LogP contribution in [0.3, 0.4) is 0 Å². The van der Waals surface area contributed by atoms with Crippen LogP contribution in [0, 0.1) is 0 Å². The summed E-state index contributed by atoms with van der Waals surface area (Å²) in [6.45, 7) is 4.43. The second-order valence-corrected chi connectivity index (χ2v) is 9.98. The topological polar surface area (TPSA) is 54.4 Å². The van der Waals surface area contributed by atoms with Crippen LogP contribution in [-0.4, -0.2) is 13.0 Å². The first kappa shape index (κ1) is 24.9. The Bertz CT molecular complexity index is 866. The molecule has 4 heteroatoms. The lowest BCUT2D eigenvalue weighted by Crippen LogP contribution is -2.05. The van der Waals surface area contributed by atoms with E-state index >= 15 is 0 Å². The minimum absolute atomic E-state index is 0.123. The van der Waals surface area contributed by atoms with Crippen LogP contribution in [0.5, 0.6) is 0 Å². The number of benzene rings is 2. The van der Waals surface area contributed by atoms with E-state index in [1.165, 1.54) is 57.8 Å². The Kier molecular flexibility index (Phi) is 10.9. The fraction of sp³-hybridized carbons (Fsp3) is 0.615. The van der Waals surface area contributed by atoms with Gasteiger partial charge in [-0.2, -0.15) is 8.42 Å². The summed E-state index contributed by atoms with van der Waals surface area (Å²) in [6, 6.07) is 9.94. The molecule has 1 N–H and O–H groups in total. The highest BCUT2D eigenvalue weighted by Gasteiger charge is 2.19. The zero-order valence-corrected chi connectivity index (χ0v) is 19.8. The summed E-state index contributed by atoms with van der Waals surface area (Å²) in [5.41, 5.74) is 1.90. The molecule has 0 fully saturated rings. The molecule has 0 atom stereocenters. The predicted octanol–water partition coefficient (Wildman–Crippen LogP) is 7.89. The number of hydrogen-bond donors (Lipinski definition) is 1. The van der Waals surface area contributed by atoms with Crippen LogP contribution < -0.4 is 0 Å². The molecule has 2 rings (SSSR count). The van der Waals surface area contributed by atoms with Gasteiger partial charge in [0, 0.05) is 5.39 Å². The van der Waals surface area contributed by atoms with Gasteiger partial charge >= 0.3 is 0 Å². The zero-order valence-electron chi connectivity index (χ0n) is 19.0. The molecular weight excluding hydrogens is 392 g/mol. The van der Waals surface area contributed by atoms with Crippen LogP contribution in [0.1, 0.15) is 102 Å². The molecule has 168 valence electrons. The third kappa shape index (κ3) is 8.03. The van der Waals surface area contributed by atoms with E-state index in [1.807, 2.05) is 24.3 Å². The molecular formula is C26H40O3S. The molecule has 2 aromatic carbocycles. The van der Waals surface area contributed by atoms with Crippen LogP contribution >= 0.6 is 0 Å². The molecule has 0 unspecified atom stereocenters. The van der Waals surface area contributed by atoms with Crippen molar-refractivity contribution in [3.63, 3.8) is 0 Å². The number of hydrogen-bond acceptors (Lipinski definition) is 2. The van der Waals surface area contributed by atoms with E-state index in [1.54, 1.807) is 0 Å². The Hall–Kier alpha value is -1.39. The van der Waals surface area contributed by atoms with Crippen LogP contribution in [-0.2, 0) is 23.0 Å². The summed E-state index contributed by atoms with van der Waals surface area (Å²) < 4.78 is 34.5. The first-order valence-electron chi connectivity index (χ1n) is 12.0. The molecule has 0 aliphatic carbocycles. The number of rotatable bonds is 15. The van der Waals surface area contributed by atoms with Crippen LogP contribution in [0.4, 0.5) is 0 Å². The molecule has 30 heavy (non-hydrogen) atoms. The van der Waals surface area contributed by atoms with Gasteiger partial charge in [0.15, 0.2) is 0 Å². The highest BCUT2D eigenvalue weighted by atomic mass is 32.2. The van der Waals surface area contributed by atoms with Gasteiger partial charge in [0.25, 0.3) is 10.1 Å². The molecule has 0 heterocycles. The van der Waals surface area contributed by atoms with Gasteiger partial charge in [-0.3, -0.25) is 4.55 Å². The van der Waals surface area contributed by atoms with E-state index < -0.39 is 10.1 Å². The molecule has 2 aromatic rings. The molecule has 0 amide bonds. The lowest BCUT2D eigenvalue weighted by molar-refractivity contribution is 0.482. The van der Waals surface area contributed by atoms with E-state index in [0.29, 0.717) is 11.8 Å². The molecule has 0 saturated heterocycles. The normalized spacial score (nSPS) is 12.0. The van der Waals surface area contributed by atoms with Crippen LogP contribution in [0.15, 0.2) is 35.2 Å². The van der Waals surface area contributed by atoms with Crippen molar-refractivity contribution >= 4 is 20.9 Å². The molecule has 0 aliphatic rings. The number of fused-ring (bicyclic) bond motifs is 1. The molecule has 0 bridgehead atoms. The van der Waals surface area contributed by atoms with Gasteiger partial charge in [0.2, 0.25) is 0 Å². The van der Waals surface area contributed by atoms with Crippen molar-refractivity contribution in [3.05, 3.63) is 41.5 Å². The quantitative estimate of drug-likeness (QED) is 0.230. The van der Waals surface area contributed by atoms with Gasteiger partial charge in [-0.15, -0.1) is 0 Å². The van der Waals surface area contributed by atoms with Gasteiger partial charge in [-0.1, -0.05) is 102 Å². The molecule has 0 spiro atoms. The van der Waals surface area contributed by atoms with Gasteiger partial charge in [-0.25, -0.2) is 0 Å². The van der Waals surface area contributed by atoms with Crippen molar-refractivity contribution in [2.45, 2.75) is 109 Å². The Labute approximate surface area is 184 Å². The summed E-state index contributed by atoms with van der Waals surface area (Å²) in [5, 5.41) is 1.55. The van der Waals surface area contributed by atoms with Crippen LogP contribution in [0.25, 0.3) is 10.8 Å². The highest BCUT2D eigenvalue weighted by Crippen LogP contribution is 2.29. The maximum absolute atomic E-state index is 12.3. The molecule has 0 aliphatic heterocycles. The molecule has 0 saturated carbocycles. The SMILES string of the molecule is CCCCCCCCc1ccc2ccc(CCCCCCCC)c(S(=O)(=O)O)c2c1. The van der Waals surface area contributed by atoms with E-state index in [-0.39, 0.29) is 4.90 Å². The van der Waals surface area contributed by atoms with Crippen LogP contribution in [0.2, 0.25) is 0 Å². The maximum atomic E-state index is 12.3. The smallest absolute Gasteiger partial charge is 0.282 e. The fourth-order valence-electron chi connectivity index (χ4n) is 4.25. The standard InChI is InChI=1S/C26H40O3S/c1-3-5-7-9-11-13-15-22-17-18-23-19-20-24(16-14-12-10-8-6-4-2)26(25(23)21-22)30(27,28)29/h17-21H,3-16H2,1-2H3,(H,27,28,29). The van der Waals surface area contributed by atoms with Gasteiger partial charge in [0.1, 0.15) is 4.90 Å². The Morgan fingerprint density at radius 2 is 1.23 bits per heavy atom. The van der Waals surface area contributed by atoms with Crippen molar-refractivity contribution in [1.82, 2.24) is 0 Å². The first-order chi connectivity index (χ1) is 14.5. The minimum Gasteiger partial charge on any atom is -0.282 e. The highest BCUT2D eigenvalue weighted by molar-refractivity contribution is 7.86. The second kappa shape index (κ2) is 13.1. The number of unbranched alkanes of at least 4 members (excludes halogenated alkanes) is 10. The van der Waals surface area contributed by atoms with Gasteiger partial charge in [0.05, 0.1) is 0 Å². The van der Waals surface area contributed by atoms with Gasteiger partial charge in [-0.05, 0) is 48.3 Å². The summed E-state index contributed by atoms with van der Waals surface area (Å²) in [5.74, 6) is 0. The monoisotopic (exact) mass is 432 g/mol. The van der Waals surface area contributed by atoms with Crippen molar-refractivity contribution in [1.29, 1.82) is 0 Å². The molecule has 3 nitrogen and oxygen atoms in total. The van der Waals surface area contributed by atoms with Crippen molar-refractivity contribution in [2.24, 2.45) is 0 Å². The van der Waals surface area contributed by atoms with Crippen molar-refractivity contribution in [2.75, 3.05) is 0 Å². The minimum atomic E-state index is -4.26. The Morgan fingerprint density at radius 1 is 0.700 bits per heavy atom. The van der Waals surface area contributed by atoms with Crippen molar-refractivity contribution in [3.8, 4) is 0 Å². The zero-order chi connectivity index (χ0) is 21.8. The second-order valence-electron chi connectivity index (χ2n) is 8.62. The third-order valence-corrected chi connectivity index (χ3v) is 6.99. The Morgan fingerprint density at radius 3 is 1.83 bits per heavy atom. The van der Waals surface area contributed by atoms with Crippen molar-refractivity contribution < 1.29 is 13.0 Å². The molecule has 0 radical (unpaired) electrons. The van der Waals surface area contributed by atoms with Gasteiger partial charge < -0.3 is 0 Å². The summed E-state index contributed by atoms with van der Waals surface area (Å²) in [4.78, 5) is 0.123. The average molecular weight is 433 g/mol. The summed E-state index contributed by atoms with van der Waals surface area (Å²) >= 11 is 0.